The molecule has 1 saturated carbocycles. The lowest BCUT2D eigenvalue weighted by Crippen LogP contribution is -2.24. The number of esters is 1. The van der Waals surface area contributed by atoms with Crippen molar-refractivity contribution in [3.63, 3.8) is 0 Å². The van der Waals surface area contributed by atoms with Crippen LogP contribution in [0, 0.1) is 32.1 Å². The summed E-state index contributed by atoms with van der Waals surface area (Å²) in [5, 5.41) is 12.5. The van der Waals surface area contributed by atoms with E-state index in [4.69, 9.17) is 4.74 Å². The van der Waals surface area contributed by atoms with E-state index >= 15 is 0 Å². The molecule has 8 heteroatoms. The summed E-state index contributed by atoms with van der Waals surface area (Å²) < 4.78 is 9.04. The fourth-order valence-electron chi connectivity index (χ4n) is 4.33. The Balaban J connectivity index is 1.48. The molecule has 0 saturated heterocycles. The molecule has 0 unspecified atom stereocenters. The Labute approximate surface area is 180 Å². The Bertz CT molecular complexity index is 1210. The van der Waals surface area contributed by atoms with Crippen LogP contribution < -0.4 is 5.32 Å². The number of hydrogen-bond acceptors (Lipinski definition) is 5. The molecular weight excluding hydrogens is 394 g/mol. The molecule has 31 heavy (non-hydrogen) atoms. The van der Waals surface area contributed by atoms with Crippen molar-refractivity contribution in [3.05, 3.63) is 52.6 Å². The van der Waals surface area contributed by atoms with Crippen molar-refractivity contribution in [1.29, 1.82) is 5.26 Å². The predicted octanol–water partition coefficient (Wildman–Crippen LogP) is 3.84. The molecule has 0 aliphatic heterocycles. The highest BCUT2D eigenvalue weighted by molar-refractivity contribution is 5.95. The third kappa shape index (κ3) is 3.79. The number of nitrogens with one attached hydrogen (secondary N) is 1. The van der Waals surface area contributed by atoms with Crippen molar-refractivity contribution >= 4 is 23.3 Å². The van der Waals surface area contributed by atoms with Crippen LogP contribution in [0.4, 0.5) is 5.82 Å². The van der Waals surface area contributed by atoms with Crippen LogP contribution in [0.25, 0.3) is 5.65 Å². The van der Waals surface area contributed by atoms with E-state index in [2.05, 4.69) is 20.9 Å². The lowest BCUT2D eigenvalue weighted by Gasteiger charge is -2.19. The summed E-state index contributed by atoms with van der Waals surface area (Å²) in [5.41, 5.74) is 4.01. The molecule has 0 radical (unpaired) electrons. The number of carbonyl (C=O) groups is 2. The molecule has 160 valence electrons. The van der Waals surface area contributed by atoms with Gasteiger partial charge in [0.1, 0.15) is 17.5 Å². The number of anilines is 1. The van der Waals surface area contributed by atoms with Gasteiger partial charge in [0.25, 0.3) is 5.91 Å². The number of carbonyl (C=O) groups excluding carboxylic acids is 2. The van der Waals surface area contributed by atoms with E-state index in [9.17, 15) is 14.9 Å². The smallest absolute Gasteiger partial charge is 0.359 e. The fraction of sp³-hybridized carbons (Fsp3) is 0.391. The second kappa shape index (κ2) is 8.26. The molecule has 8 nitrogen and oxygen atoms in total. The standard InChI is InChI=1S/C23H25N5O3/c1-14-7-6-10-20-25-19(12-27(14)20)23(30)31-13-21(29)26-22-18(11-24)15(2)16(3)28(22)17-8-4-5-9-17/h6-7,10,12,17H,4-5,8-9,13H2,1-3H3,(H,26,29). The van der Waals surface area contributed by atoms with Gasteiger partial charge in [-0.3, -0.25) is 4.79 Å². The molecule has 0 spiro atoms. The lowest BCUT2D eigenvalue weighted by molar-refractivity contribution is -0.119. The number of hydrogen-bond donors (Lipinski definition) is 1. The molecule has 1 N–H and O–H groups in total. The zero-order valence-electron chi connectivity index (χ0n) is 17.9. The van der Waals surface area contributed by atoms with Gasteiger partial charge in [-0.15, -0.1) is 0 Å². The first-order valence-corrected chi connectivity index (χ1v) is 10.4. The SMILES string of the molecule is Cc1c(C#N)c(NC(=O)COC(=O)c2cn3c(C)cccc3n2)n(C2CCCC2)c1C. The Hall–Kier alpha value is -3.60. The number of nitrogens with zero attached hydrogens (tertiary/aromatic N) is 4. The van der Waals surface area contributed by atoms with E-state index in [1.54, 1.807) is 16.7 Å². The maximum atomic E-state index is 12.6. The largest absolute Gasteiger partial charge is 0.451 e. The molecule has 3 heterocycles. The van der Waals surface area contributed by atoms with Gasteiger partial charge in [-0.1, -0.05) is 18.9 Å². The molecule has 0 atom stereocenters. The number of ether oxygens (including phenoxy) is 1. The first-order valence-electron chi connectivity index (χ1n) is 10.4. The molecule has 1 aliphatic carbocycles. The monoisotopic (exact) mass is 419 g/mol. The van der Waals surface area contributed by atoms with Crippen LogP contribution >= 0.6 is 0 Å². The quantitative estimate of drug-likeness (QED) is 0.633. The van der Waals surface area contributed by atoms with E-state index in [0.717, 1.165) is 42.6 Å². The number of rotatable bonds is 5. The topological polar surface area (TPSA) is 101 Å². The number of aromatic nitrogens is 3. The Morgan fingerprint density at radius 1 is 1.26 bits per heavy atom. The predicted molar refractivity (Wildman–Crippen MR) is 115 cm³/mol. The molecule has 0 aromatic carbocycles. The van der Waals surface area contributed by atoms with Gasteiger partial charge in [0.15, 0.2) is 12.3 Å². The number of fused-ring (bicyclic) bond motifs is 1. The highest BCUT2D eigenvalue weighted by Gasteiger charge is 2.27. The van der Waals surface area contributed by atoms with Gasteiger partial charge < -0.3 is 19.0 Å². The van der Waals surface area contributed by atoms with Crippen LogP contribution in [0.15, 0.2) is 24.4 Å². The molecule has 1 amide bonds. The zero-order valence-corrected chi connectivity index (χ0v) is 17.9. The first kappa shape index (κ1) is 20.7. The van der Waals surface area contributed by atoms with Gasteiger partial charge >= 0.3 is 5.97 Å². The van der Waals surface area contributed by atoms with Crippen LogP contribution in [0.1, 0.15) is 64.7 Å². The average Bonchev–Trinajstić information content (AvgIpc) is 3.47. The third-order valence-electron chi connectivity index (χ3n) is 6.06. The second-order valence-electron chi connectivity index (χ2n) is 8.00. The number of amides is 1. The Morgan fingerprint density at radius 3 is 2.68 bits per heavy atom. The molecule has 4 rings (SSSR count). The molecule has 3 aromatic heterocycles. The highest BCUT2D eigenvalue weighted by atomic mass is 16.5. The van der Waals surface area contributed by atoms with E-state index in [1.807, 2.05) is 32.9 Å². The first-order chi connectivity index (χ1) is 14.9. The molecule has 1 fully saturated rings. The van der Waals surface area contributed by atoms with Crippen LogP contribution in [-0.2, 0) is 9.53 Å². The lowest BCUT2D eigenvalue weighted by atomic mass is 10.2. The van der Waals surface area contributed by atoms with Crippen molar-refractivity contribution < 1.29 is 14.3 Å². The minimum absolute atomic E-state index is 0.140. The number of pyridine rings is 1. The Kier molecular flexibility index (Phi) is 5.51. The van der Waals surface area contributed by atoms with Crippen LogP contribution in [0.2, 0.25) is 0 Å². The summed E-state index contributed by atoms with van der Waals surface area (Å²) >= 11 is 0. The van der Waals surface area contributed by atoms with E-state index in [1.165, 1.54) is 0 Å². The third-order valence-corrected chi connectivity index (χ3v) is 6.06. The van der Waals surface area contributed by atoms with Gasteiger partial charge in [0.05, 0.1) is 5.56 Å². The van der Waals surface area contributed by atoms with E-state index in [-0.39, 0.29) is 11.7 Å². The van der Waals surface area contributed by atoms with Crippen molar-refractivity contribution in [1.82, 2.24) is 14.0 Å². The fourth-order valence-corrected chi connectivity index (χ4v) is 4.33. The van der Waals surface area contributed by atoms with Gasteiger partial charge in [0.2, 0.25) is 0 Å². The highest BCUT2D eigenvalue weighted by Crippen LogP contribution is 2.37. The minimum atomic E-state index is -0.669. The van der Waals surface area contributed by atoms with Crippen molar-refractivity contribution in [2.45, 2.75) is 52.5 Å². The molecule has 3 aromatic rings. The summed E-state index contributed by atoms with van der Waals surface area (Å²) in [6.07, 6.45) is 5.89. The second-order valence-corrected chi connectivity index (χ2v) is 8.00. The maximum absolute atomic E-state index is 12.6. The van der Waals surface area contributed by atoms with Gasteiger partial charge in [-0.2, -0.15) is 5.26 Å². The van der Waals surface area contributed by atoms with Crippen molar-refractivity contribution in [2.24, 2.45) is 0 Å². The molecular formula is C23H25N5O3. The van der Waals surface area contributed by atoms with Crippen LogP contribution in [0.3, 0.4) is 0 Å². The number of aryl methyl sites for hydroxylation is 1. The molecule has 1 aliphatic rings. The normalized spacial score (nSPS) is 14.0. The van der Waals surface area contributed by atoms with Gasteiger partial charge in [0, 0.05) is 23.6 Å². The van der Waals surface area contributed by atoms with Gasteiger partial charge in [-0.05, 0) is 51.3 Å². The van der Waals surface area contributed by atoms with E-state index < -0.39 is 18.5 Å². The Morgan fingerprint density at radius 2 is 2.00 bits per heavy atom. The molecule has 0 bridgehead atoms. The summed E-state index contributed by atoms with van der Waals surface area (Å²) in [6.45, 7) is 5.31. The number of imidazole rings is 1. The average molecular weight is 419 g/mol. The summed E-state index contributed by atoms with van der Waals surface area (Å²) in [5.74, 6) is -0.660. The summed E-state index contributed by atoms with van der Waals surface area (Å²) in [7, 11) is 0. The zero-order chi connectivity index (χ0) is 22.1. The van der Waals surface area contributed by atoms with Crippen molar-refractivity contribution in [2.75, 3.05) is 11.9 Å². The summed E-state index contributed by atoms with van der Waals surface area (Å²) in [6, 6.07) is 8.03. The summed E-state index contributed by atoms with van der Waals surface area (Å²) in [4.78, 5) is 29.3. The van der Waals surface area contributed by atoms with Crippen LogP contribution in [0.5, 0.6) is 0 Å². The maximum Gasteiger partial charge on any atom is 0.359 e. The number of nitriles is 1. The van der Waals surface area contributed by atoms with E-state index in [0.29, 0.717) is 17.0 Å². The van der Waals surface area contributed by atoms with Crippen molar-refractivity contribution in [3.8, 4) is 6.07 Å². The van der Waals surface area contributed by atoms with Crippen LogP contribution in [-0.4, -0.2) is 32.4 Å². The minimum Gasteiger partial charge on any atom is -0.451 e. The van der Waals surface area contributed by atoms with Gasteiger partial charge in [-0.25, -0.2) is 9.78 Å².